The predicted molar refractivity (Wildman–Crippen MR) is 80.4 cm³/mol. The zero-order valence-corrected chi connectivity index (χ0v) is 13.0. The fraction of sp³-hybridized carbons (Fsp3) is 0.714. The summed E-state index contributed by atoms with van der Waals surface area (Å²) in [6.45, 7) is 9.99. The van der Waals surface area contributed by atoms with Crippen molar-refractivity contribution in [3.63, 3.8) is 0 Å². The molecule has 0 amide bonds. The van der Waals surface area contributed by atoms with E-state index in [2.05, 4.69) is 26.1 Å². The van der Waals surface area contributed by atoms with Crippen LogP contribution in [0.3, 0.4) is 0 Å². The Hall–Kier alpha value is -0.810. The molecule has 0 aliphatic carbocycles. The fourth-order valence-electron chi connectivity index (χ4n) is 2.26. The van der Waals surface area contributed by atoms with Crippen LogP contribution in [0.5, 0.6) is 0 Å². The Balaban J connectivity index is 2.37. The normalized spacial score (nSPS) is 15.6. The van der Waals surface area contributed by atoms with Gasteiger partial charge in [-0.25, -0.2) is 9.97 Å². The third kappa shape index (κ3) is 3.20. The molecule has 0 aromatic carbocycles. The number of aromatic nitrogens is 2. The van der Waals surface area contributed by atoms with Crippen LogP contribution in [0.25, 0.3) is 0 Å². The molecule has 2 heterocycles. The van der Waals surface area contributed by atoms with Crippen LogP contribution in [0, 0.1) is 5.92 Å². The van der Waals surface area contributed by atoms with E-state index in [0.29, 0.717) is 12.5 Å². The molecule has 0 spiro atoms. The second-order valence-electron chi connectivity index (χ2n) is 5.00. The first-order valence-corrected chi connectivity index (χ1v) is 8.15. The van der Waals surface area contributed by atoms with E-state index in [1.807, 2.05) is 18.7 Å². The summed E-state index contributed by atoms with van der Waals surface area (Å²) in [7, 11) is 0. The van der Waals surface area contributed by atoms with Crippen LogP contribution in [0.4, 0.5) is 5.82 Å². The van der Waals surface area contributed by atoms with Gasteiger partial charge in [0, 0.05) is 30.2 Å². The van der Waals surface area contributed by atoms with E-state index in [1.54, 1.807) is 0 Å². The monoisotopic (exact) mass is 281 g/mol. The van der Waals surface area contributed by atoms with Crippen molar-refractivity contribution in [3.8, 4) is 0 Å². The highest BCUT2D eigenvalue weighted by molar-refractivity contribution is 7.98. The lowest BCUT2D eigenvalue weighted by molar-refractivity contribution is 0.0232. The first kappa shape index (κ1) is 14.6. The lowest BCUT2D eigenvalue weighted by atomic mass is 10.1. The highest BCUT2D eigenvalue weighted by atomic mass is 32.2. The van der Waals surface area contributed by atoms with Gasteiger partial charge in [0.2, 0.25) is 0 Å². The zero-order valence-electron chi connectivity index (χ0n) is 12.2. The SMILES string of the molecule is CCNc1nc(C(OCC)C(C)C)nc2c1CSC2. The summed E-state index contributed by atoms with van der Waals surface area (Å²) >= 11 is 1.90. The highest BCUT2D eigenvalue weighted by Gasteiger charge is 2.25. The minimum Gasteiger partial charge on any atom is -0.370 e. The molecule has 1 aromatic heterocycles. The third-order valence-corrected chi connectivity index (χ3v) is 4.12. The van der Waals surface area contributed by atoms with Crippen molar-refractivity contribution in [1.29, 1.82) is 0 Å². The van der Waals surface area contributed by atoms with Crippen molar-refractivity contribution in [2.24, 2.45) is 5.92 Å². The molecule has 1 atom stereocenters. The summed E-state index contributed by atoms with van der Waals surface area (Å²) < 4.78 is 5.82. The van der Waals surface area contributed by atoms with E-state index < -0.39 is 0 Å². The van der Waals surface area contributed by atoms with Crippen LogP contribution >= 0.6 is 11.8 Å². The second kappa shape index (κ2) is 6.57. The van der Waals surface area contributed by atoms with Gasteiger partial charge < -0.3 is 10.1 Å². The predicted octanol–water partition coefficient (Wildman–Crippen LogP) is 3.39. The van der Waals surface area contributed by atoms with Crippen LogP contribution in [-0.4, -0.2) is 23.1 Å². The van der Waals surface area contributed by atoms with Crippen LogP contribution in [-0.2, 0) is 16.2 Å². The summed E-state index contributed by atoms with van der Waals surface area (Å²) in [6.07, 6.45) is -0.0155. The van der Waals surface area contributed by atoms with Gasteiger partial charge in [0.15, 0.2) is 5.82 Å². The Bertz CT molecular complexity index is 437. The number of hydrogen-bond acceptors (Lipinski definition) is 5. The number of ether oxygens (including phenoxy) is 1. The molecular formula is C14H23N3OS. The Morgan fingerprint density at radius 3 is 2.68 bits per heavy atom. The quantitative estimate of drug-likeness (QED) is 0.866. The van der Waals surface area contributed by atoms with E-state index in [9.17, 15) is 0 Å². The molecule has 5 heteroatoms. The standard InChI is InChI=1S/C14H23N3OS/c1-5-15-13-10-7-19-8-11(10)16-14(17-13)12(9(3)4)18-6-2/h9,12H,5-8H2,1-4H3,(H,15,16,17). The number of hydrogen-bond donors (Lipinski definition) is 1. The minimum absolute atomic E-state index is 0.0155. The van der Waals surface area contributed by atoms with Gasteiger partial charge in [-0.2, -0.15) is 11.8 Å². The largest absolute Gasteiger partial charge is 0.370 e. The molecule has 0 saturated carbocycles. The molecule has 1 aliphatic rings. The first-order valence-electron chi connectivity index (χ1n) is 7.00. The van der Waals surface area contributed by atoms with E-state index in [1.165, 1.54) is 11.3 Å². The molecule has 1 aliphatic heterocycles. The number of anilines is 1. The van der Waals surface area contributed by atoms with E-state index in [4.69, 9.17) is 14.7 Å². The number of thioether (sulfide) groups is 1. The summed E-state index contributed by atoms with van der Waals surface area (Å²) in [5.74, 6) is 4.20. The minimum atomic E-state index is -0.0155. The molecule has 1 unspecified atom stereocenters. The van der Waals surface area contributed by atoms with E-state index >= 15 is 0 Å². The maximum absolute atomic E-state index is 5.82. The van der Waals surface area contributed by atoms with Gasteiger partial charge in [0.05, 0.1) is 5.69 Å². The van der Waals surface area contributed by atoms with Crippen LogP contribution in [0.15, 0.2) is 0 Å². The number of rotatable bonds is 6. The van der Waals surface area contributed by atoms with E-state index in [0.717, 1.165) is 29.7 Å². The molecule has 106 valence electrons. The second-order valence-corrected chi connectivity index (χ2v) is 5.98. The van der Waals surface area contributed by atoms with Crippen molar-refractivity contribution >= 4 is 17.6 Å². The van der Waals surface area contributed by atoms with Crippen molar-refractivity contribution in [1.82, 2.24) is 9.97 Å². The van der Waals surface area contributed by atoms with Gasteiger partial charge in [-0.1, -0.05) is 13.8 Å². The lowest BCUT2D eigenvalue weighted by Crippen LogP contribution is -2.17. The number of nitrogens with one attached hydrogen (secondary N) is 1. The van der Waals surface area contributed by atoms with Crippen molar-refractivity contribution < 1.29 is 4.74 Å². The molecule has 0 bridgehead atoms. The average molecular weight is 281 g/mol. The number of fused-ring (bicyclic) bond motifs is 1. The van der Waals surface area contributed by atoms with Crippen molar-refractivity contribution in [2.45, 2.75) is 45.3 Å². The summed E-state index contributed by atoms with van der Waals surface area (Å²) in [6, 6.07) is 0. The molecule has 0 radical (unpaired) electrons. The molecular weight excluding hydrogens is 258 g/mol. The van der Waals surface area contributed by atoms with Gasteiger partial charge in [-0.05, 0) is 19.8 Å². The molecule has 2 rings (SSSR count). The number of nitrogens with zero attached hydrogens (tertiary/aromatic N) is 2. The van der Waals surface area contributed by atoms with Crippen molar-refractivity contribution in [3.05, 3.63) is 17.1 Å². The fourth-order valence-corrected chi connectivity index (χ4v) is 3.30. The van der Waals surface area contributed by atoms with Gasteiger partial charge in [-0.3, -0.25) is 0 Å². The van der Waals surface area contributed by atoms with Crippen LogP contribution in [0.2, 0.25) is 0 Å². The highest BCUT2D eigenvalue weighted by Crippen LogP contribution is 2.35. The molecule has 1 aromatic rings. The van der Waals surface area contributed by atoms with Gasteiger partial charge in [0.25, 0.3) is 0 Å². The smallest absolute Gasteiger partial charge is 0.160 e. The molecule has 0 saturated heterocycles. The Labute approximate surface area is 119 Å². The zero-order chi connectivity index (χ0) is 13.8. The first-order chi connectivity index (χ1) is 9.17. The lowest BCUT2D eigenvalue weighted by Gasteiger charge is -2.21. The third-order valence-electron chi connectivity index (χ3n) is 3.15. The summed E-state index contributed by atoms with van der Waals surface area (Å²) in [4.78, 5) is 9.45. The maximum atomic E-state index is 5.82. The van der Waals surface area contributed by atoms with Gasteiger partial charge in [0.1, 0.15) is 11.9 Å². The molecule has 1 N–H and O–H groups in total. The van der Waals surface area contributed by atoms with Gasteiger partial charge in [-0.15, -0.1) is 0 Å². The maximum Gasteiger partial charge on any atom is 0.160 e. The molecule has 19 heavy (non-hydrogen) atoms. The summed E-state index contributed by atoms with van der Waals surface area (Å²) in [5, 5.41) is 3.36. The Morgan fingerprint density at radius 1 is 1.26 bits per heavy atom. The molecule has 4 nitrogen and oxygen atoms in total. The topological polar surface area (TPSA) is 47.0 Å². The Morgan fingerprint density at radius 2 is 2.05 bits per heavy atom. The van der Waals surface area contributed by atoms with E-state index in [-0.39, 0.29) is 6.10 Å². The van der Waals surface area contributed by atoms with Crippen LogP contribution in [0.1, 0.15) is 50.9 Å². The Kier molecular flexibility index (Phi) is 5.05. The summed E-state index contributed by atoms with van der Waals surface area (Å²) in [5.41, 5.74) is 2.45. The van der Waals surface area contributed by atoms with Gasteiger partial charge >= 0.3 is 0 Å². The van der Waals surface area contributed by atoms with Crippen LogP contribution < -0.4 is 5.32 Å². The molecule has 0 fully saturated rings. The van der Waals surface area contributed by atoms with Crippen molar-refractivity contribution in [2.75, 3.05) is 18.5 Å². The average Bonchev–Trinajstić information content (AvgIpc) is 2.84.